The zero-order valence-corrected chi connectivity index (χ0v) is 12.7. The van der Waals surface area contributed by atoms with Crippen molar-refractivity contribution >= 4 is 22.6 Å². The van der Waals surface area contributed by atoms with Crippen molar-refractivity contribution in [3.63, 3.8) is 0 Å². The molecule has 1 N–H and O–H groups in total. The topological polar surface area (TPSA) is 15.3 Å². The molecule has 0 aliphatic carbocycles. The molecule has 0 aromatic heterocycles. The molecule has 0 bridgehead atoms. The predicted molar refractivity (Wildman–Crippen MR) is 81.1 cm³/mol. The third-order valence-electron chi connectivity index (χ3n) is 3.36. The van der Waals surface area contributed by atoms with Gasteiger partial charge in [-0.15, -0.1) is 0 Å². The summed E-state index contributed by atoms with van der Waals surface area (Å²) in [7, 11) is 0. The Kier molecular flexibility index (Phi) is 5.85. The fourth-order valence-corrected chi connectivity index (χ4v) is 2.99. The summed E-state index contributed by atoms with van der Waals surface area (Å²) in [4.78, 5) is 2.53. The molecule has 0 spiro atoms. The van der Waals surface area contributed by atoms with Crippen LogP contribution in [0, 0.1) is 9.39 Å². The molecule has 1 fully saturated rings. The molecule has 1 aromatic carbocycles. The van der Waals surface area contributed by atoms with Crippen molar-refractivity contribution in [2.24, 2.45) is 0 Å². The molecule has 4 heteroatoms. The summed E-state index contributed by atoms with van der Waals surface area (Å²) in [5, 5.41) is 3.43. The molecule has 2 rings (SSSR count). The second-order valence-corrected chi connectivity index (χ2v) is 5.98. The normalized spacial score (nSPS) is 16.3. The SMILES string of the molecule is Fc1ccc(CNCCCN2CCCC2)c(I)c1. The Morgan fingerprint density at radius 2 is 2.06 bits per heavy atom. The third-order valence-corrected chi connectivity index (χ3v) is 4.36. The lowest BCUT2D eigenvalue weighted by Crippen LogP contribution is -2.24. The van der Waals surface area contributed by atoms with E-state index in [1.165, 1.54) is 50.5 Å². The van der Waals surface area contributed by atoms with Gasteiger partial charge in [-0.2, -0.15) is 0 Å². The van der Waals surface area contributed by atoms with Crippen LogP contribution in [-0.2, 0) is 6.54 Å². The van der Waals surface area contributed by atoms with Gasteiger partial charge in [0.2, 0.25) is 0 Å². The van der Waals surface area contributed by atoms with Crippen molar-refractivity contribution < 1.29 is 4.39 Å². The van der Waals surface area contributed by atoms with Crippen LogP contribution >= 0.6 is 22.6 Å². The average molecular weight is 362 g/mol. The molecule has 18 heavy (non-hydrogen) atoms. The van der Waals surface area contributed by atoms with Gasteiger partial charge in [-0.05, 0) is 85.7 Å². The van der Waals surface area contributed by atoms with E-state index < -0.39 is 0 Å². The highest BCUT2D eigenvalue weighted by Crippen LogP contribution is 2.13. The summed E-state index contributed by atoms with van der Waals surface area (Å²) in [6.45, 7) is 5.61. The summed E-state index contributed by atoms with van der Waals surface area (Å²) in [5.74, 6) is -0.155. The number of likely N-dealkylation sites (tertiary alicyclic amines) is 1. The van der Waals surface area contributed by atoms with Crippen molar-refractivity contribution in [1.82, 2.24) is 10.2 Å². The molecule has 1 aliphatic rings. The van der Waals surface area contributed by atoms with Crippen molar-refractivity contribution in [3.05, 3.63) is 33.1 Å². The fourth-order valence-electron chi connectivity index (χ4n) is 2.32. The molecule has 1 aromatic rings. The van der Waals surface area contributed by atoms with Crippen LogP contribution in [0.4, 0.5) is 4.39 Å². The Morgan fingerprint density at radius 3 is 2.78 bits per heavy atom. The summed E-state index contributed by atoms with van der Waals surface area (Å²) >= 11 is 2.19. The highest BCUT2D eigenvalue weighted by atomic mass is 127. The quantitative estimate of drug-likeness (QED) is 0.618. The average Bonchev–Trinajstić information content (AvgIpc) is 2.84. The van der Waals surface area contributed by atoms with Gasteiger partial charge in [-0.25, -0.2) is 4.39 Å². The number of nitrogens with one attached hydrogen (secondary N) is 1. The smallest absolute Gasteiger partial charge is 0.124 e. The van der Waals surface area contributed by atoms with Crippen molar-refractivity contribution in [2.75, 3.05) is 26.2 Å². The molecule has 0 saturated carbocycles. The number of hydrogen-bond acceptors (Lipinski definition) is 2. The van der Waals surface area contributed by atoms with Crippen molar-refractivity contribution in [2.45, 2.75) is 25.8 Å². The van der Waals surface area contributed by atoms with E-state index >= 15 is 0 Å². The second-order valence-electron chi connectivity index (χ2n) is 4.81. The van der Waals surface area contributed by atoms with Gasteiger partial charge >= 0.3 is 0 Å². The molecule has 1 aliphatic heterocycles. The van der Waals surface area contributed by atoms with E-state index in [1.807, 2.05) is 6.07 Å². The van der Waals surface area contributed by atoms with Crippen molar-refractivity contribution in [3.8, 4) is 0 Å². The van der Waals surface area contributed by atoms with Gasteiger partial charge in [0.05, 0.1) is 0 Å². The predicted octanol–water partition coefficient (Wildman–Crippen LogP) is 3.01. The zero-order chi connectivity index (χ0) is 12.8. The van der Waals surface area contributed by atoms with E-state index in [9.17, 15) is 4.39 Å². The van der Waals surface area contributed by atoms with Gasteiger partial charge in [0.1, 0.15) is 5.82 Å². The van der Waals surface area contributed by atoms with Crippen LogP contribution in [0.1, 0.15) is 24.8 Å². The number of benzene rings is 1. The minimum atomic E-state index is -0.155. The van der Waals surface area contributed by atoms with Crippen molar-refractivity contribution in [1.29, 1.82) is 0 Å². The maximum Gasteiger partial charge on any atom is 0.124 e. The van der Waals surface area contributed by atoms with E-state index in [0.717, 1.165) is 16.7 Å². The molecule has 1 heterocycles. The van der Waals surface area contributed by atoms with Gasteiger partial charge < -0.3 is 10.2 Å². The number of halogens is 2. The third kappa shape index (κ3) is 4.48. The molecular weight excluding hydrogens is 342 g/mol. The van der Waals surface area contributed by atoms with Crippen LogP contribution in [-0.4, -0.2) is 31.1 Å². The molecule has 100 valence electrons. The first-order chi connectivity index (χ1) is 8.75. The number of hydrogen-bond donors (Lipinski definition) is 1. The van der Waals surface area contributed by atoms with E-state index in [1.54, 1.807) is 6.07 Å². The van der Waals surface area contributed by atoms with E-state index in [2.05, 4.69) is 32.8 Å². The van der Waals surface area contributed by atoms with Crippen LogP contribution in [0.15, 0.2) is 18.2 Å². The molecule has 1 saturated heterocycles. The number of nitrogens with zero attached hydrogens (tertiary/aromatic N) is 1. The van der Waals surface area contributed by atoms with Crippen LogP contribution in [0.5, 0.6) is 0 Å². The Balaban J connectivity index is 1.62. The molecule has 0 atom stereocenters. The minimum absolute atomic E-state index is 0.155. The Bertz CT molecular complexity index is 378. The lowest BCUT2D eigenvalue weighted by molar-refractivity contribution is 0.331. The maximum absolute atomic E-state index is 12.9. The lowest BCUT2D eigenvalue weighted by Gasteiger charge is -2.14. The molecular formula is C14H20FIN2. The first-order valence-corrected chi connectivity index (χ1v) is 7.70. The van der Waals surface area contributed by atoms with Gasteiger partial charge in [-0.1, -0.05) is 6.07 Å². The summed E-state index contributed by atoms with van der Waals surface area (Å²) < 4.78 is 13.9. The van der Waals surface area contributed by atoms with Gasteiger partial charge in [0.25, 0.3) is 0 Å². The maximum atomic E-state index is 12.9. The van der Waals surface area contributed by atoms with Crippen LogP contribution < -0.4 is 5.32 Å². The van der Waals surface area contributed by atoms with Gasteiger partial charge in [-0.3, -0.25) is 0 Å². The lowest BCUT2D eigenvalue weighted by atomic mass is 10.2. The first-order valence-electron chi connectivity index (χ1n) is 6.63. The minimum Gasteiger partial charge on any atom is -0.313 e. The second kappa shape index (κ2) is 7.40. The summed E-state index contributed by atoms with van der Waals surface area (Å²) in [6, 6.07) is 4.98. The fraction of sp³-hybridized carbons (Fsp3) is 0.571. The Morgan fingerprint density at radius 1 is 1.28 bits per heavy atom. The van der Waals surface area contributed by atoms with Crippen LogP contribution in [0.2, 0.25) is 0 Å². The number of rotatable bonds is 6. The van der Waals surface area contributed by atoms with E-state index in [-0.39, 0.29) is 5.82 Å². The van der Waals surface area contributed by atoms with E-state index in [0.29, 0.717) is 0 Å². The van der Waals surface area contributed by atoms with Crippen LogP contribution in [0.25, 0.3) is 0 Å². The first kappa shape index (κ1) is 14.2. The highest BCUT2D eigenvalue weighted by molar-refractivity contribution is 14.1. The largest absolute Gasteiger partial charge is 0.313 e. The summed E-state index contributed by atoms with van der Waals surface area (Å²) in [6.07, 6.45) is 3.92. The van der Waals surface area contributed by atoms with Gasteiger partial charge in [0.15, 0.2) is 0 Å². The Labute approximate surface area is 122 Å². The Hall–Kier alpha value is -0.200. The zero-order valence-electron chi connectivity index (χ0n) is 10.6. The molecule has 2 nitrogen and oxygen atoms in total. The van der Waals surface area contributed by atoms with Crippen LogP contribution in [0.3, 0.4) is 0 Å². The standard InChI is InChI=1S/C14H20FIN2/c15-13-5-4-12(14(16)10-13)11-17-6-3-9-18-7-1-2-8-18/h4-5,10,17H,1-3,6-9,11H2. The molecule has 0 radical (unpaired) electrons. The highest BCUT2D eigenvalue weighted by Gasteiger charge is 2.09. The summed E-state index contributed by atoms with van der Waals surface area (Å²) in [5.41, 5.74) is 1.18. The van der Waals surface area contributed by atoms with Gasteiger partial charge in [0, 0.05) is 10.1 Å². The van der Waals surface area contributed by atoms with E-state index in [4.69, 9.17) is 0 Å². The molecule has 0 amide bonds. The monoisotopic (exact) mass is 362 g/mol. The molecule has 0 unspecified atom stereocenters.